The van der Waals surface area contributed by atoms with E-state index in [1.54, 1.807) is 48.4 Å². The molecule has 6 heteroatoms. The Morgan fingerprint density at radius 1 is 1.24 bits per heavy atom. The van der Waals surface area contributed by atoms with E-state index in [2.05, 4.69) is 9.97 Å². The Hall–Kier alpha value is -3.20. The minimum atomic E-state index is -0.526. The summed E-state index contributed by atoms with van der Waals surface area (Å²) in [5, 5.41) is 8.83. The zero-order valence-electron chi connectivity index (χ0n) is 11.1. The van der Waals surface area contributed by atoms with Gasteiger partial charge in [0.05, 0.1) is 16.6 Å². The summed E-state index contributed by atoms with van der Waals surface area (Å²) in [6, 6.07) is 8.51. The van der Waals surface area contributed by atoms with E-state index in [0.29, 0.717) is 22.5 Å². The van der Waals surface area contributed by atoms with Crippen LogP contribution in [0.1, 0.15) is 16.1 Å². The summed E-state index contributed by atoms with van der Waals surface area (Å²) in [4.78, 5) is 20.4. The van der Waals surface area contributed by atoms with Gasteiger partial charge in [-0.05, 0) is 18.2 Å². The third-order valence-corrected chi connectivity index (χ3v) is 2.99. The zero-order chi connectivity index (χ0) is 14.8. The molecule has 0 radical (unpaired) electrons. The second-order valence-electron chi connectivity index (χ2n) is 4.43. The van der Waals surface area contributed by atoms with Crippen molar-refractivity contribution in [2.45, 2.75) is 0 Å². The number of hydrogen-bond acceptors (Lipinski definition) is 5. The molecule has 1 aromatic carbocycles. The van der Waals surface area contributed by atoms with Gasteiger partial charge < -0.3 is 9.30 Å². The number of ether oxygens (including phenoxy) is 1. The van der Waals surface area contributed by atoms with E-state index in [1.165, 1.54) is 6.07 Å². The number of aromatic nitrogens is 3. The second-order valence-corrected chi connectivity index (χ2v) is 4.43. The van der Waals surface area contributed by atoms with Gasteiger partial charge in [0.1, 0.15) is 17.5 Å². The maximum absolute atomic E-state index is 12.1. The monoisotopic (exact) mass is 278 g/mol. The lowest BCUT2D eigenvalue weighted by Gasteiger charge is -2.05. The minimum absolute atomic E-state index is 0.311. The van der Waals surface area contributed by atoms with Crippen LogP contribution in [0.3, 0.4) is 0 Å². The fourth-order valence-corrected chi connectivity index (χ4v) is 1.99. The van der Waals surface area contributed by atoms with Crippen LogP contribution in [-0.4, -0.2) is 20.5 Å². The summed E-state index contributed by atoms with van der Waals surface area (Å²) in [6.45, 7) is 0. The Bertz CT molecular complexity index is 877. The van der Waals surface area contributed by atoms with Crippen molar-refractivity contribution in [3.05, 3.63) is 54.1 Å². The molecule has 0 N–H and O–H groups in total. The number of nitrogens with zero attached hydrogens (tertiary/aromatic N) is 4. The van der Waals surface area contributed by atoms with E-state index in [4.69, 9.17) is 10.00 Å². The van der Waals surface area contributed by atoms with Crippen molar-refractivity contribution in [3.8, 4) is 11.8 Å². The van der Waals surface area contributed by atoms with Gasteiger partial charge in [-0.1, -0.05) is 0 Å². The Balaban J connectivity index is 1.89. The summed E-state index contributed by atoms with van der Waals surface area (Å²) >= 11 is 0. The first kappa shape index (κ1) is 12.8. The van der Waals surface area contributed by atoms with Crippen LogP contribution in [0, 0.1) is 11.3 Å². The number of rotatable bonds is 2. The van der Waals surface area contributed by atoms with Crippen LogP contribution in [0.4, 0.5) is 0 Å². The quantitative estimate of drug-likeness (QED) is 0.529. The van der Waals surface area contributed by atoms with E-state index in [0.717, 1.165) is 5.52 Å². The van der Waals surface area contributed by atoms with Gasteiger partial charge in [-0.2, -0.15) is 5.26 Å². The van der Waals surface area contributed by atoms with Crippen LogP contribution in [0.5, 0.6) is 5.75 Å². The fourth-order valence-electron chi connectivity index (χ4n) is 1.99. The molecule has 0 aliphatic rings. The molecular formula is C15H10N4O2. The average Bonchev–Trinajstić information content (AvgIpc) is 2.88. The normalized spacial score (nSPS) is 10.3. The van der Waals surface area contributed by atoms with Crippen LogP contribution in [0.15, 0.2) is 42.9 Å². The van der Waals surface area contributed by atoms with Gasteiger partial charge in [0, 0.05) is 31.7 Å². The molecule has 0 aliphatic carbocycles. The number of aryl methyl sites for hydroxylation is 1. The van der Waals surface area contributed by atoms with E-state index in [1.807, 2.05) is 6.07 Å². The Kier molecular flexibility index (Phi) is 3.09. The highest BCUT2D eigenvalue weighted by atomic mass is 16.5. The Morgan fingerprint density at radius 2 is 2.00 bits per heavy atom. The van der Waals surface area contributed by atoms with Gasteiger partial charge >= 0.3 is 5.97 Å². The number of fused-ring (bicyclic) bond motifs is 1. The topological polar surface area (TPSA) is 80.8 Å². The average molecular weight is 278 g/mol. The van der Waals surface area contributed by atoms with Crippen LogP contribution >= 0.6 is 0 Å². The standard InChI is InChI=1S/C15H10N4O2/c1-19-9-10(8-16)6-14(19)15(20)21-11-2-3-12-13(7-11)18-5-4-17-12/h2-7,9H,1H3. The molecule has 2 aromatic heterocycles. The predicted octanol–water partition coefficient (Wildman–Crippen LogP) is 2.06. The molecule has 102 valence electrons. The Labute approximate surface area is 120 Å². The molecule has 0 saturated carbocycles. The van der Waals surface area contributed by atoms with E-state index < -0.39 is 5.97 Å². The lowest BCUT2D eigenvalue weighted by molar-refractivity contribution is 0.0725. The SMILES string of the molecule is Cn1cc(C#N)cc1C(=O)Oc1ccc2nccnc2c1. The van der Waals surface area contributed by atoms with Crippen LogP contribution in [-0.2, 0) is 7.05 Å². The van der Waals surface area contributed by atoms with Gasteiger partial charge in [0.15, 0.2) is 0 Å². The molecule has 0 amide bonds. The predicted molar refractivity (Wildman–Crippen MR) is 74.6 cm³/mol. The number of hydrogen-bond donors (Lipinski definition) is 0. The molecule has 0 bridgehead atoms. The van der Waals surface area contributed by atoms with Crippen LogP contribution in [0.25, 0.3) is 11.0 Å². The van der Waals surface area contributed by atoms with Crippen molar-refractivity contribution in [1.29, 1.82) is 5.26 Å². The van der Waals surface area contributed by atoms with E-state index in [-0.39, 0.29) is 0 Å². The zero-order valence-corrected chi connectivity index (χ0v) is 11.1. The maximum atomic E-state index is 12.1. The highest BCUT2D eigenvalue weighted by molar-refractivity contribution is 5.90. The minimum Gasteiger partial charge on any atom is -0.422 e. The molecule has 21 heavy (non-hydrogen) atoms. The van der Waals surface area contributed by atoms with Crippen molar-refractivity contribution in [2.75, 3.05) is 0 Å². The molecule has 3 rings (SSSR count). The summed E-state index contributed by atoms with van der Waals surface area (Å²) < 4.78 is 6.87. The molecule has 2 heterocycles. The molecule has 0 aliphatic heterocycles. The summed E-state index contributed by atoms with van der Waals surface area (Å²) in [5.74, 6) is -0.144. The first-order valence-corrected chi connectivity index (χ1v) is 6.17. The third-order valence-electron chi connectivity index (χ3n) is 2.99. The molecule has 3 aromatic rings. The molecule has 0 unspecified atom stereocenters. The number of carbonyl (C=O) groups excluding carboxylic acids is 1. The first-order chi connectivity index (χ1) is 10.2. The van der Waals surface area contributed by atoms with Crippen LogP contribution < -0.4 is 4.74 Å². The fraction of sp³-hybridized carbons (Fsp3) is 0.0667. The van der Waals surface area contributed by atoms with Crippen LogP contribution in [0.2, 0.25) is 0 Å². The van der Waals surface area contributed by atoms with E-state index in [9.17, 15) is 4.79 Å². The summed E-state index contributed by atoms with van der Waals surface area (Å²) in [5.41, 5.74) is 2.09. The maximum Gasteiger partial charge on any atom is 0.360 e. The largest absolute Gasteiger partial charge is 0.422 e. The van der Waals surface area contributed by atoms with Crippen molar-refractivity contribution < 1.29 is 9.53 Å². The molecule has 0 spiro atoms. The first-order valence-electron chi connectivity index (χ1n) is 6.17. The molecule has 0 fully saturated rings. The number of benzene rings is 1. The van der Waals surface area contributed by atoms with Crippen molar-refractivity contribution in [2.24, 2.45) is 7.05 Å². The molecule has 0 saturated heterocycles. The van der Waals surface area contributed by atoms with Gasteiger partial charge in [-0.15, -0.1) is 0 Å². The second kappa shape index (κ2) is 5.06. The lowest BCUT2D eigenvalue weighted by Crippen LogP contribution is -2.12. The summed E-state index contributed by atoms with van der Waals surface area (Å²) in [7, 11) is 1.68. The van der Waals surface area contributed by atoms with Gasteiger partial charge in [-0.3, -0.25) is 9.97 Å². The molecule has 0 atom stereocenters. The molecular weight excluding hydrogens is 268 g/mol. The van der Waals surface area contributed by atoms with Gasteiger partial charge in [0.2, 0.25) is 0 Å². The number of carbonyl (C=O) groups is 1. The third kappa shape index (κ3) is 2.44. The van der Waals surface area contributed by atoms with Crippen molar-refractivity contribution in [1.82, 2.24) is 14.5 Å². The highest BCUT2D eigenvalue weighted by Crippen LogP contribution is 2.19. The number of nitriles is 1. The molecule has 6 nitrogen and oxygen atoms in total. The van der Waals surface area contributed by atoms with Crippen molar-refractivity contribution >= 4 is 17.0 Å². The van der Waals surface area contributed by atoms with Gasteiger partial charge in [0.25, 0.3) is 0 Å². The van der Waals surface area contributed by atoms with E-state index >= 15 is 0 Å². The van der Waals surface area contributed by atoms with Crippen molar-refractivity contribution in [3.63, 3.8) is 0 Å². The lowest BCUT2D eigenvalue weighted by atomic mass is 10.3. The van der Waals surface area contributed by atoms with Gasteiger partial charge in [-0.25, -0.2) is 4.79 Å². The number of esters is 1. The highest BCUT2D eigenvalue weighted by Gasteiger charge is 2.14. The smallest absolute Gasteiger partial charge is 0.360 e. The summed E-state index contributed by atoms with van der Waals surface area (Å²) in [6.07, 6.45) is 4.74. The Morgan fingerprint density at radius 3 is 2.71 bits per heavy atom.